The van der Waals surface area contributed by atoms with Gasteiger partial charge in [0.25, 0.3) is 0 Å². The van der Waals surface area contributed by atoms with Crippen LogP contribution in [-0.2, 0) is 0 Å². The van der Waals surface area contributed by atoms with E-state index in [0.29, 0.717) is 19.1 Å². The summed E-state index contributed by atoms with van der Waals surface area (Å²) in [4.78, 5) is 0. The van der Waals surface area contributed by atoms with Gasteiger partial charge >= 0.3 is 0 Å². The second kappa shape index (κ2) is 4.77. The molecule has 1 aromatic heterocycles. The molecule has 0 atom stereocenters. The van der Waals surface area contributed by atoms with Gasteiger partial charge in [0.1, 0.15) is 0 Å². The van der Waals surface area contributed by atoms with Crippen LogP contribution in [0.3, 0.4) is 0 Å². The fourth-order valence-electron chi connectivity index (χ4n) is 2.20. The van der Waals surface area contributed by atoms with E-state index < -0.39 is 0 Å². The number of ether oxygens (including phenoxy) is 2. The summed E-state index contributed by atoms with van der Waals surface area (Å²) >= 11 is 3.55. The predicted molar refractivity (Wildman–Crippen MR) is 74.4 cm³/mol. The van der Waals surface area contributed by atoms with Gasteiger partial charge in [-0.15, -0.1) is 0 Å². The second-order valence-electron chi connectivity index (χ2n) is 4.34. The Hall–Kier alpha value is -1.69. The topological polar surface area (TPSA) is 70.5 Å². The van der Waals surface area contributed by atoms with Crippen molar-refractivity contribution >= 4 is 21.8 Å². The van der Waals surface area contributed by atoms with E-state index in [2.05, 4.69) is 21.1 Å². The van der Waals surface area contributed by atoms with Crippen LogP contribution in [0.5, 0.6) is 11.5 Å². The summed E-state index contributed by atoms with van der Waals surface area (Å²) in [6.07, 6.45) is 2.48. The van der Waals surface area contributed by atoms with Crippen molar-refractivity contribution < 1.29 is 14.0 Å². The van der Waals surface area contributed by atoms with Gasteiger partial charge in [0.15, 0.2) is 11.5 Å². The van der Waals surface area contributed by atoms with Gasteiger partial charge in [-0.1, -0.05) is 5.16 Å². The zero-order valence-electron chi connectivity index (χ0n) is 10.4. The number of benzene rings is 1. The van der Waals surface area contributed by atoms with E-state index in [1.54, 1.807) is 6.20 Å². The van der Waals surface area contributed by atoms with Gasteiger partial charge in [-0.25, -0.2) is 0 Å². The largest absolute Gasteiger partial charge is 0.490 e. The SMILES string of the molecule is Cc1c2c(cc(Br)c1-c1cnoc1N)OCCCO2. The molecular formula is C13H13BrN2O3. The van der Waals surface area contributed by atoms with Crippen molar-refractivity contribution in [1.82, 2.24) is 5.16 Å². The first kappa shape index (κ1) is 12.3. The van der Waals surface area contributed by atoms with Crippen LogP contribution in [0.25, 0.3) is 11.1 Å². The maximum atomic E-state index is 5.80. The van der Waals surface area contributed by atoms with E-state index in [0.717, 1.165) is 39.1 Å². The normalized spacial score (nSPS) is 14.2. The van der Waals surface area contributed by atoms with Crippen molar-refractivity contribution in [3.05, 3.63) is 22.3 Å². The number of halogens is 1. The minimum Gasteiger partial charge on any atom is -0.490 e. The number of aromatic nitrogens is 1. The Balaban J connectivity index is 2.21. The molecular weight excluding hydrogens is 312 g/mol. The number of rotatable bonds is 1. The highest BCUT2D eigenvalue weighted by Crippen LogP contribution is 2.45. The summed E-state index contributed by atoms with van der Waals surface area (Å²) < 4.78 is 17.3. The third-order valence-electron chi connectivity index (χ3n) is 3.10. The monoisotopic (exact) mass is 324 g/mol. The quantitative estimate of drug-likeness (QED) is 0.872. The van der Waals surface area contributed by atoms with Crippen LogP contribution in [0, 0.1) is 6.92 Å². The summed E-state index contributed by atoms with van der Waals surface area (Å²) in [6.45, 7) is 3.28. The Morgan fingerprint density at radius 3 is 2.84 bits per heavy atom. The van der Waals surface area contributed by atoms with Crippen LogP contribution in [-0.4, -0.2) is 18.4 Å². The van der Waals surface area contributed by atoms with Crippen LogP contribution in [0.15, 0.2) is 21.3 Å². The van der Waals surface area contributed by atoms with Gasteiger partial charge in [-0.05, 0) is 28.9 Å². The third kappa shape index (κ3) is 2.06. The van der Waals surface area contributed by atoms with Gasteiger partial charge in [0.05, 0.1) is 25.0 Å². The summed E-state index contributed by atoms with van der Waals surface area (Å²) in [5, 5.41) is 3.72. The molecule has 2 heterocycles. The molecule has 6 heteroatoms. The molecule has 100 valence electrons. The number of nitrogens with two attached hydrogens (primary N) is 1. The molecule has 0 saturated carbocycles. The summed E-state index contributed by atoms with van der Waals surface area (Å²) in [6, 6.07) is 1.90. The Morgan fingerprint density at radius 2 is 2.11 bits per heavy atom. The molecule has 0 fully saturated rings. The van der Waals surface area contributed by atoms with Crippen LogP contribution in [0.4, 0.5) is 5.88 Å². The summed E-state index contributed by atoms with van der Waals surface area (Å²) in [5.74, 6) is 1.80. The van der Waals surface area contributed by atoms with E-state index in [9.17, 15) is 0 Å². The maximum absolute atomic E-state index is 5.80. The van der Waals surface area contributed by atoms with Gasteiger partial charge in [-0.2, -0.15) is 0 Å². The van der Waals surface area contributed by atoms with E-state index in [1.807, 2.05) is 13.0 Å². The van der Waals surface area contributed by atoms with Crippen LogP contribution < -0.4 is 15.2 Å². The number of hydrogen-bond acceptors (Lipinski definition) is 5. The number of fused-ring (bicyclic) bond motifs is 1. The van der Waals surface area contributed by atoms with Crippen LogP contribution in [0.1, 0.15) is 12.0 Å². The number of nitrogen functional groups attached to an aromatic ring is 1. The van der Waals surface area contributed by atoms with Gasteiger partial charge in [0.2, 0.25) is 5.88 Å². The van der Waals surface area contributed by atoms with Crippen molar-refractivity contribution in [2.24, 2.45) is 0 Å². The van der Waals surface area contributed by atoms with Gasteiger partial charge in [-0.3, -0.25) is 0 Å². The molecule has 0 radical (unpaired) electrons. The molecule has 0 saturated heterocycles. The van der Waals surface area contributed by atoms with Crippen molar-refractivity contribution in [1.29, 1.82) is 0 Å². The number of anilines is 1. The molecule has 0 bridgehead atoms. The van der Waals surface area contributed by atoms with Gasteiger partial charge < -0.3 is 19.7 Å². The Bertz CT molecular complexity index is 625. The van der Waals surface area contributed by atoms with E-state index in [-0.39, 0.29) is 0 Å². The highest BCUT2D eigenvalue weighted by Gasteiger charge is 2.22. The smallest absolute Gasteiger partial charge is 0.230 e. The van der Waals surface area contributed by atoms with Crippen molar-refractivity contribution in [2.75, 3.05) is 18.9 Å². The zero-order valence-corrected chi connectivity index (χ0v) is 12.0. The van der Waals surface area contributed by atoms with E-state index >= 15 is 0 Å². The van der Waals surface area contributed by atoms with Crippen molar-refractivity contribution in [3.8, 4) is 22.6 Å². The van der Waals surface area contributed by atoms with E-state index in [1.165, 1.54) is 0 Å². The molecule has 0 unspecified atom stereocenters. The number of nitrogens with zero attached hydrogens (tertiary/aromatic N) is 1. The fourth-order valence-corrected chi connectivity index (χ4v) is 2.92. The second-order valence-corrected chi connectivity index (χ2v) is 5.19. The Morgan fingerprint density at radius 1 is 1.32 bits per heavy atom. The molecule has 2 aromatic rings. The van der Waals surface area contributed by atoms with Gasteiger partial charge in [0, 0.05) is 22.0 Å². The standard InChI is InChI=1S/C13H13BrN2O3/c1-7-11(8-6-16-19-13(8)15)9(14)5-10-12(7)18-4-2-3-17-10/h5-6H,2-4,15H2,1H3. The third-order valence-corrected chi connectivity index (χ3v) is 3.72. The first-order valence-corrected chi connectivity index (χ1v) is 6.77. The summed E-state index contributed by atoms with van der Waals surface area (Å²) in [7, 11) is 0. The lowest BCUT2D eigenvalue weighted by molar-refractivity contribution is 0.296. The minimum atomic E-state index is 0.290. The lowest BCUT2D eigenvalue weighted by Crippen LogP contribution is -1.98. The first-order valence-electron chi connectivity index (χ1n) is 5.97. The molecule has 5 nitrogen and oxygen atoms in total. The fraction of sp³-hybridized carbons (Fsp3) is 0.308. The number of hydrogen-bond donors (Lipinski definition) is 1. The lowest BCUT2D eigenvalue weighted by atomic mass is 10.0. The highest BCUT2D eigenvalue weighted by molar-refractivity contribution is 9.10. The molecule has 1 aliphatic heterocycles. The lowest BCUT2D eigenvalue weighted by Gasteiger charge is -2.15. The van der Waals surface area contributed by atoms with Crippen LogP contribution in [0.2, 0.25) is 0 Å². The average Bonchev–Trinajstić information content (AvgIpc) is 2.65. The first-order chi connectivity index (χ1) is 9.18. The van der Waals surface area contributed by atoms with E-state index in [4.69, 9.17) is 19.7 Å². The molecule has 1 aliphatic rings. The minimum absolute atomic E-state index is 0.290. The molecule has 0 aliphatic carbocycles. The Labute approximate surface area is 118 Å². The zero-order chi connectivity index (χ0) is 13.4. The molecule has 1 aromatic carbocycles. The molecule has 19 heavy (non-hydrogen) atoms. The molecule has 0 amide bonds. The summed E-state index contributed by atoms with van der Waals surface area (Å²) in [5.41, 5.74) is 8.42. The molecule has 2 N–H and O–H groups in total. The van der Waals surface area contributed by atoms with Crippen LogP contribution >= 0.6 is 15.9 Å². The average molecular weight is 325 g/mol. The maximum Gasteiger partial charge on any atom is 0.230 e. The van der Waals surface area contributed by atoms with Crippen molar-refractivity contribution in [2.45, 2.75) is 13.3 Å². The Kier molecular flexibility index (Phi) is 3.10. The molecule has 0 spiro atoms. The predicted octanol–water partition coefficient (Wildman–Crippen LogP) is 3.16. The van der Waals surface area contributed by atoms with Crippen molar-refractivity contribution in [3.63, 3.8) is 0 Å². The highest BCUT2D eigenvalue weighted by atomic mass is 79.9. The molecule has 3 rings (SSSR count).